The molecule has 1 aromatic heterocycles. The highest BCUT2D eigenvalue weighted by Gasteiger charge is 2.36. The first-order chi connectivity index (χ1) is 12.3. The Morgan fingerprint density at radius 3 is 3.00 bits per heavy atom. The maximum Gasteiger partial charge on any atom is 0.321 e. The van der Waals surface area contributed by atoms with Gasteiger partial charge in [-0.05, 0) is 35.6 Å². The molecule has 130 valence electrons. The van der Waals surface area contributed by atoms with Gasteiger partial charge in [0.2, 0.25) is 6.79 Å². The van der Waals surface area contributed by atoms with Gasteiger partial charge >= 0.3 is 6.03 Å². The van der Waals surface area contributed by atoms with Gasteiger partial charge < -0.3 is 19.7 Å². The van der Waals surface area contributed by atoms with Crippen LogP contribution in [0.3, 0.4) is 0 Å². The molecule has 0 bridgehead atoms. The van der Waals surface area contributed by atoms with E-state index in [4.69, 9.17) is 9.47 Å². The highest BCUT2D eigenvalue weighted by molar-refractivity contribution is 7.10. The number of benzene rings is 1. The van der Waals surface area contributed by atoms with E-state index in [1.807, 2.05) is 28.4 Å². The second-order valence-corrected chi connectivity index (χ2v) is 7.65. The summed E-state index contributed by atoms with van der Waals surface area (Å²) >= 11 is 1.86. The number of carbonyl (C=O) groups excluding carboxylic acids is 1. The third-order valence-electron chi connectivity index (χ3n) is 5.13. The van der Waals surface area contributed by atoms with Crippen molar-refractivity contribution in [3.63, 3.8) is 0 Å². The summed E-state index contributed by atoms with van der Waals surface area (Å²) in [6.45, 7) is 3.92. The number of hydrogen-bond donors (Lipinski definition) is 1. The topological polar surface area (TPSA) is 54.0 Å². The van der Waals surface area contributed by atoms with Crippen molar-refractivity contribution < 1.29 is 14.3 Å². The van der Waals surface area contributed by atoms with E-state index in [-0.39, 0.29) is 12.8 Å². The van der Waals surface area contributed by atoms with Gasteiger partial charge in [-0.2, -0.15) is 0 Å². The Hall–Kier alpha value is -2.25. The summed E-state index contributed by atoms with van der Waals surface area (Å²) < 4.78 is 10.6. The maximum atomic E-state index is 12.4. The smallest absolute Gasteiger partial charge is 0.321 e. The number of likely N-dealkylation sites (tertiary alicyclic amines) is 1. The standard InChI is InChI=1S/C18H19N3O3S/c22-18(19-13-1-2-15-16(7-13)24-11-23-15)21-9-14(10-21)20-5-3-17-12(8-20)4-6-25-17/h1-2,4,6-7,14H,3,5,8-11H2,(H,19,22). The summed E-state index contributed by atoms with van der Waals surface area (Å²) in [5.41, 5.74) is 2.19. The Balaban J connectivity index is 1.16. The second kappa shape index (κ2) is 5.93. The third kappa shape index (κ3) is 2.73. The lowest BCUT2D eigenvalue weighted by atomic mass is 10.0. The minimum atomic E-state index is -0.0525. The first kappa shape index (κ1) is 15.0. The van der Waals surface area contributed by atoms with Gasteiger partial charge in [0, 0.05) is 48.9 Å². The van der Waals surface area contributed by atoms with Crippen molar-refractivity contribution in [3.05, 3.63) is 40.1 Å². The van der Waals surface area contributed by atoms with Crippen LogP contribution in [0.15, 0.2) is 29.6 Å². The van der Waals surface area contributed by atoms with Crippen molar-refractivity contribution >= 4 is 23.1 Å². The zero-order chi connectivity index (χ0) is 16.8. The molecule has 0 radical (unpaired) electrons. The minimum Gasteiger partial charge on any atom is -0.454 e. The number of nitrogens with one attached hydrogen (secondary N) is 1. The van der Waals surface area contributed by atoms with E-state index >= 15 is 0 Å². The van der Waals surface area contributed by atoms with Crippen molar-refractivity contribution in [1.82, 2.24) is 9.80 Å². The maximum absolute atomic E-state index is 12.4. The molecular formula is C18H19N3O3S. The summed E-state index contributed by atoms with van der Waals surface area (Å²) in [6.07, 6.45) is 1.13. The SMILES string of the molecule is O=C(Nc1ccc2c(c1)OCO2)N1CC(N2CCc3sccc3C2)C1. The van der Waals surface area contributed by atoms with Crippen LogP contribution in [0, 0.1) is 0 Å². The molecule has 0 aliphatic carbocycles. The highest BCUT2D eigenvalue weighted by Crippen LogP contribution is 2.34. The van der Waals surface area contributed by atoms with Gasteiger partial charge in [0.25, 0.3) is 0 Å². The van der Waals surface area contributed by atoms with Crippen LogP contribution in [-0.4, -0.2) is 48.3 Å². The molecule has 7 heteroatoms. The number of thiophene rings is 1. The van der Waals surface area contributed by atoms with E-state index in [9.17, 15) is 4.79 Å². The van der Waals surface area contributed by atoms with Crippen LogP contribution < -0.4 is 14.8 Å². The fraction of sp³-hybridized carbons (Fsp3) is 0.389. The molecule has 6 nitrogen and oxygen atoms in total. The van der Waals surface area contributed by atoms with E-state index < -0.39 is 0 Å². The molecule has 1 saturated heterocycles. The fourth-order valence-corrected chi connectivity index (χ4v) is 4.50. The number of fused-ring (bicyclic) bond motifs is 2. The number of ether oxygens (including phenoxy) is 2. The zero-order valence-corrected chi connectivity index (χ0v) is 14.6. The van der Waals surface area contributed by atoms with Crippen LogP contribution in [-0.2, 0) is 13.0 Å². The molecule has 0 atom stereocenters. The minimum absolute atomic E-state index is 0.0525. The summed E-state index contributed by atoms with van der Waals surface area (Å²) in [6, 6.07) is 8.11. The molecule has 3 aliphatic rings. The summed E-state index contributed by atoms with van der Waals surface area (Å²) in [4.78, 5) is 18.3. The molecule has 1 N–H and O–H groups in total. The normalized spacial score (nSPS) is 19.4. The van der Waals surface area contributed by atoms with Gasteiger partial charge in [0.05, 0.1) is 0 Å². The molecule has 4 heterocycles. The number of nitrogens with zero attached hydrogens (tertiary/aromatic N) is 2. The summed E-state index contributed by atoms with van der Waals surface area (Å²) in [5, 5.41) is 5.12. The number of carbonyl (C=O) groups is 1. The van der Waals surface area contributed by atoms with Crippen molar-refractivity contribution in [3.8, 4) is 11.5 Å². The molecule has 2 aromatic rings. The van der Waals surface area contributed by atoms with Gasteiger partial charge in [-0.1, -0.05) is 0 Å². The monoisotopic (exact) mass is 357 g/mol. The number of anilines is 1. The van der Waals surface area contributed by atoms with Crippen molar-refractivity contribution in [2.45, 2.75) is 19.0 Å². The lowest BCUT2D eigenvalue weighted by molar-refractivity contribution is 0.0533. The molecule has 5 rings (SSSR count). The lowest BCUT2D eigenvalue weighted by Gasteiger charge is -2.46. The molecule has 3 aliphatic heterocycles. The Bertz CT molecular complexity index is 816. The average Bonchev–Trinajstić information content (AvgIpc) is 3.21. The predicted octanol–water partition coefficient (Wildman–Crippen LogP) is 2.75. The van der Waals surface area contributed by atoms with E-state index in [0.29, 0.717) is 11.8 Å². The summed E-state index contributed by atoms with van der Waals surface area (Å²) in [5.74, 6) is 1.40. The van der Waals surface area contributed by atoms with Crippen LogP contribution in [0.2, 0.25) is 0 Å². The van der Waals surface area contributed by atoms with Crippen LogP contribution in [0.4, 0.5) is 10.5 Å². The number of rotatable bonds is 2. The van der Waals surface area contributed by atoms with Crippen molar-refractivity contribution in [1.29, 1.82) is 0 Å². The predicted molar refractivity (Wildman–Crippen MR) is 95.4 cm³/mol. The molecular weight excluding hydrogens is 338 g/mol. The Kier molecular flexibility index (Phi) is 3.57. The summed E-state index contributed by atoms with van der Waals surface area (Å²) in [7, 11) is 0. The van der Waals surface area contributed by atoms with Gasteiger partial charge in [-0.15, -0.1) is 11.3 Å². The van der Waals surface area contributed by atoms with Crippen LogP contribution in [0.25, 0.3) is 0 Å². The first-order valence-electron chi connectivity index (χ1n) is 8.51. The van der Waals surface area contributed by atoms with Crippen molar-refractivity contribution in [2.24, 2.45) is 0 Å². The molecule has 1 fully saturated rings. The van der Waals surface area contributed by atoms with Gasteiger partial charge in [-0.3, -0.25) is 4.90 Å². The van der Waals surface area contributed by atoms with Crippen molar-refractivity contribution in [2.75, 3.05) is 31.7 Å². The number of hydrogen-bond acceptors (Lipinski definition) is 5. The molecule has 0 unspecified atom stereocenters. The average molecular weight is 357 g/mol. The van der Waals surface area contributed by atoms with Gasteiger partial charge in [0.1, 0.15) is 0 Å². The first-order valence-corrected chi connectivity index (χ1v) is 9.39. The molecule has 1 aromatic carbocycles. The number of urea groups is 1. The van der Waals surface area contributed by atoms with Crippen LogP contribution in [0.5, 0.6) is 11.5 Å². The Labute approximate surface area is 149 Å². The highest BCUT2D eigenvalue weighted by atomic mass is 32.1. The van der Waals surface area contributed by atoms with Gasteiger partial charge in [-0.25, -0.2) is 4.79 Å². The molecule has 2 amide bonds. The van der Waals surface area contributed by atoms with E-state index in [1.54, 1.807) is 6.07 Å². The fourth-order valence-electron chi connectivity index (χ4n) is 3.61. The van der Waals surface area contributed by atoms with E-state index in [2.05, 4.69) is 21.7 Å². The lowest BCUT2D eigenvalue weighted by Crippen LogP contribution is -2.62. The van der Waals surface area contributed by atoms with Crippen LogP contribution >= 0.6 is 11.3 Å². The zero-order valence-electron chi connectivity index (χ0n) is 13.7. The van der Waals surface area contributed by atoms with Gasteiger partial charge in [0.15, 0.2) is 11.5 Å². The largest absolute Gasteiger partial charge is 0.454 e. The van der Waals surface area contributed by atoms with Crippen LogP contribution in [0.1, 0.15) is 10.4 Å². The Morgan fingerprint density at radius 1 is 1.20 bits per heavy atom. The molecule has 0 spiro atoms. The van der Waals surface area contributed by atoms with E-state index in [0.717, 1.165) is 44.0 Å². The number of amides is 2. The second-order valence-electron chi connectivity index (χ2n) is 6.65. The molecule has 0 saturated carbocycles. The quantitative estimate of drug-likeness (QED) is 0.898. The third-order valence-corrected chi connectivity index (χ3v) is 6.15. The Morgan fingerprint density at radius 2 is 2.08 bits per heavy atom. The van der Waals surface area contributed by atoms with E-state index in [1.165, 1.54) is 10.4 Å². The molecule has 25 heavy (non-hydrogen) atoms.